The van der Waals surface area contributed by atoms with Gasteiger partial charge in [-0.2, -0.15) is 0 Å². The molecule has 0 aromatic heterocycles. The normalized spacial score (nSPS) is 7.40. The molecule has 0 amide bonds. The van der Waals surface area contributed by atoms with Gasteiger partial charge >= 0.3 is 258 Å². The predicted molar refractivity (Wildman–Crippen MR) is 88.8 cm³/mol. The summed E-state index contributed by atoms with van der Waals surface area (Å²) >= 11 is 0. The van der Waals surface area contributed by atoms with Gasteiger partial charge < -0.3 is 9.05 Å². The Hall–Kier alpha value is 7.57. The van der Waals surface area contributed by atoms with Crippen molar-refractivity contribution in [2.75, 3.05) is 0 Å². The molecule has 4 N–H and O–H groups in total. The van der Waals surface area contributed by atoms with Crippen molar-refractivity contribution < 1.29 is 42.5 Å². The zero-order chi connectivity index (χ0) is 9.99. The van der Waals surface area contributed by atoms with E-state index in [-0.39, 0.29) is 236 Å². The molecule has 0 aliphatic carbocycles. The maximum absolute atomic E-state index is 10.0. The van der Waals surface area contributed by atoms with E-state index in [0.29, 0.717) is 0 Å². The van der Waals surface area contributed by atoms with Gasteiger partial charge in [0, 0.05) is 0 Å². The Morgan fingerprint density at radius 3 is 0.850 bits per heavy atom. The molecule has 0 spiro atoms. The Labute approximate surface area is 293 Å². The molecule has 0 rings (SSSR count). The van der Waals surface area contributed by atoms with Crippen molar-refractivity contribution in [1.29, 1.82) is 0 Å². The number of hydrogen-bond donors (Lipinski definition) is 4. The number of phosphoric ester groups is 2. The summed E-state index contributed by atoms with van der Waals surface area (Å²) in [6.07, 6.45) is -2.14. The second kappa shape index (κ2) is 28.8. The molecular weight excluding hydrogens is 402 g/mol. The van der Waals surface area contributed by atoms with E-state index in [0.717, 1.165) is 0 Å². The monoisotopic (exact) mass is 414 g/mol. The molecule has 88 valence electrons. The van der Waals surface area contributed by atoms with Crippen molar-refractivity contribution in [3.8, 4) is 0 Å². The minimum absolute atomic E-state index is 0. The molecule has 0 aromatic rings. The van der Waals surface area contributed by atoms with Gasteiger partial charge in [-0.05, 0) is 0 Å². The fraction of sp³-hybridized carbons (Fsp3) is 0. The van der Waals surface area contributed by atoms with Crippen LogP contribution in [0.3, 0.4) is 0 Å². The summed E-state index contributed by atoms with van der Waals surface area (Å²) in [7, 11) is -10.3. The Morgan fingerprint density at radius 1 is 0.600 bits per heavy atom. The maximum atomic E-state index is 10.0. The third-order valence-corrected chi connectivity index (χ3v) is 1.16. The van der Waals surface area contributed by atoms with Crippen LogP contribution in [0.4, 0.5) is 4.79 Å². The van der Waals surface area contributed by atoms with E-state index in [1.54, 1.807) is 0 Å². The third kappa shape index (κ3) is 50.0. The molecule has 0 atom stereocenters. The van der Waals surface area contributed by atoms with Gasteiger partial charge in [-0.15, -0.1) is 0 Å². The minimum atomic E-state index is -5.13. The number of phosphoric acid groups is 2. The van der Waals surface area contributed by atoms with E-state index in [9.17, 15) is 13.9 Å². The zero-order valence-corrected chi connectivity index (χ0v) is 7.01. The van der Waals surface area contributed by atoms with Crippen molar-refractivity contribution in [3.63, 3.8) is 0 Å². The van der Waals surface area contributed by atoms with Gasteiger partial charge in [-0.1, -0.05) is 0 Å². The Kier molecular flexibility index (Phi) is 81.2. The first-order valence-electron chi connectivity index (χ1n) is 2.14. The molecule has 0 unspecified atom stereocenters. The number of carbonyl (C=O) groups is 1. The molecule has 0 heterocycles. The molecule has 20 heavy (non-hydrogen) atoms. The Bertz CT molecular complexity index is 247. The topological polar surface area (TPSA) is 151 Å². The van der Waals surface area contributed by atoms with Gasteiger partial charge in [0.05, 0.1) is 0 Å². The summed E-state index contributed by atoms with van der Waals surface area (Å²) in [5.74, 6) is 0. The van der Waals surface area contributed by atoms with E-state index in [2.05, 4.69) is 9.05 Å². The Morgan fingerprint density at radius 2 is 0.750 bits per heavy atom. The van der Waals surface area contributed by atoms with Gasteiger partial charge in [0.15, 0.2) is 0 Å². The second-order valence-electron chi connectivity index (χ2n) is 1.41. The molecule has 0 fully saturated rings. The van der Waals surface area contributed by atoms with E-state index in [4.69, 9.17) is 19.6 Å². The number of hydrogen-bond acceptors (Lipinski definition) is 5. The predicted octanol–water partition coefficient (Wildman–Crippen LogP) is -5.86. The molecule has 9 nitrogen and oxygen atoms in total. The third-order valence-electron chi connectivity index (χ3n) is 0.387. The average Bonchev–Trinajstić information content (AvgIpc) is 1.49. The van der Waals surface area contributed by atoms with E-state index in [1.807, 2.05) is 0 Å². The van der Waals surface area contributed by atoms with Crippen molar-refractivity contribution in [2.24, 2.45) is 0 Å². The summed E-state index contributed by atoms with van der Waals surface area (Å²) in [6, 6.07) is 0. The number of rotatable bonds is 2. The van der Waals surface area contributed by atoms with Crippen molar-refractivity contribution in [1.82, 2.24) is 0 Å². The second-order valence-corrected chi connectivity index (χ2v) is 3.74. The van der Waals surface area contributed by atoms with Crippen molar-refractivity contribution in [2.45, 2.75) is 0 Å². The van der Waals surface area contributed by atoms with Crippen LogP contribution in [-0.2, 0) is 18.2 Å². The zero-order valence-electron chi connectivity index (χ0n) is 5.22. The standard InChI is InChI=1S/CH4O9P2.8Na.8H/c2-1(9-11(3,4)5)10-12(6,7)8;;;;;;;;;;;;;;;;/h(H2,3,4,5)(H2,6,7,8);;;;;;;;;;;;;;;;. The van der Waals surface area contributed by atoms with Crippen LogP contribution in [0.2, 0.25) is 0 Å². The van der Waals surface area contributed by atoms with Crippen LogP contribution < -0.4 is 0 Å². The first-order chi connectivity index (χ1) is 5.10. The molecule has 0 aliphatic heterocycles. The van der Waals surface area contributed by atoms with Crippen LogP contribution in [0.25, 0.3) is 0 Å². The average molecular weight is 414 g/mol. The van der Waals surface area contributed by atoms with E-state index in [1.165, 1.54) is 0 Å². The van der Waals surface area contributed by atoms with Crippen molar-refractivity contribution >= 4 is 258 Å². The summed E-state index contributed by atoms with van der Waals surface area (Å²) in [5.41, 5.74) is 0. The summed E-state index contributed by atoms with van der Waals surface area (Å²) in [6.45, 7) is 0. The van der Waals surface area contributed by atoms with Gasteiger partial charge in [-0.3, -0.25) is 19.6 Å². The van der Waals surface area contributed by atoms with E-state index >= 15 is 0 Å². The molecule has 19 heteroatoms. The molecule has 0 saturated heterocycles. The molecule has 0 aromatic carbocycles. The molecule has 0 bridgehead atoms. The molecule has 0 aliphatic rings. The van der Waals surface area contributed by atoms with Crippen LogP contribution in [0, 0.1) is 0 Å². The van der Waals surface area contributed by atoms with Gasteiger partial charge in [0.25, 0.3) is 0 Å². The van der Waals surface area contributed by atoms with Gasteiger partial charge in [-0.25, -0.2) is 13.9 Å². The van der Waals surface area contributed by atoms with Crippen LogP contribution in [-0.4, -0.2) is 262 Å². The molecule has 0 saturated carbocycles. The number of carbonyl (C=O) groups excluding carboxylic acids is 1. The van der Waals surface area contributed by atoms with Gasteiger partial charge in [0.1, 0.15) is 0 Å². The first-order valence-corrected chi connectivity index (χ1v) is 5.20. The summed E-state index contributed by atoms with van der Waals surface area (Å²) in [5, 5.41) is 0. The first kappa shape index (κ1) is 56.4. The summed E-state index contributed by atoms with van der Waals surface area (Å²) < 4.78 is 25.9. The quantitative estimate of drug-likeness (QED) is 0.256. The Balaban J connectivity index is -0.0000000216. The van der Waals surface area contributed by atoms with Gasteiger partial charge in [0.2, 0.25) is 0 Å². The van der Waals surface area contributed by atoms with Crippen molar-refractivity contribution in [3.05, 3.63) is 0 Å². The van der Waals surface area contributed by atoms with E-state index < -0.39 is 21.8 Å². The van der Waals surface area contributed by atoms with Crippen LogP contribution >= 0.6 is 15.6 Å². The molecular formula is CH12Na8O9P2. The fourth-order valence-corrected chi connectivity index (χ4v) is 0.733. The SMILES string of the molecule is O=C(OP(=O)(O)O)OP(=O)(O)O.[NaH].[NaH].[NaH].[NaH].[NaH].[NaH].[NaH].[NaH]. The van der Waals surface area contributed by atoms with Crippen LogP contribution in [0.15, 0.2) is 0 Å². The van der Waals surface area contributed by atoms with Crippen LogP contribution in [0.1, 0.15) is 0 Å². The van der Waals surface area contributed by atoms with Crippen LogP contribution in [0.5, 0.6) is 0 Å². The molecule has 0 radical (unpaired) electrons. The fourth-order valence-electron chi connectivity index (χ4n) is 0.211. The summed E-state index contributed by atoms with van der Waals surface area (Å²) in [4.78, 5) is 41.7.